The maximum absolute atomic E-state index is 13.6. The first-order valence-corrected chi connectivity index (χ1v) is 11.4. The highest BCUT2D eigenvalue weighted by Crippen LogP contribution is 2.46. The van der Waals surface area contributed by atoms with Crippen LogP contribution in [0, 0.1) is 11.8 Å². The second-order valence-corrected chi connectivity index (χ2v) is 8.97. The van der Waals surface area contributed by atoms with Gasteiger partial charge in [0.1, 0.15) is 17.5 Å². The highest BCUT2D eigenvalue weighted by Gasteiger charge is 2.55. The van der Waals surface area contributed by atoms with Gasteiger partial charge in [-0.2, -0.15) is 0 Å². The summed E-state index contributed by atoms with van der Waals surface area (Å²) in [6, 6.07) is 24.6. The third-order valence-corrected chi connectivity index (χ3v) is 6.42. The molecule has 1 aliphatic carbocycles. The van der Waals surface area contributed by atoms with Gasteiger partial charge in [-0.25, -0.2) is 0 Å². The molecule has 0 aliphatic heterocycles. The molecule has 2 amide bonds. The van der Waals surface area contributed by atoms with Crippen molar-refractivity contribution in [2.24, 2.45) is 11.8 Å². The average Bonchev–Trinajstić information content (AvgIpc) is 2.84. The zero-order valence-electron chi connectivity index (χ0n) is 19.6. The number of hydrogen-bond donors (Lipinski definition) is 3. The van der Waals surface area contributed by atoms with Gasteiger partial charge in [0.15, 0.2) is 0 Å². The lowest BCUT2D eigenvalue weighted by Crippen LogP contribution is -2.56. The van der Waals surface area contributed by atoms with E-state index in [2.05, 4.69) is 10.6 Å². The summed E-state index contributed by atoms with van der Waals surface area (Å²) in [6.45, 7) is 1.47. The number of anilines is 2. The number of ketones is 1. The number of para-hydroxylation sites is 2. The second-order valence-electron chi connectivity index (χ2n) is 8.97. The van der Waals surface area contributed by atoms with E-state index in [0.29, 0.717) is 22.7 Å². The van der Waals surface area contributed by atoms with Crippen LogP contribution in [0.1, 0.15) is 24.8 Å². The van der Waals surface area contributed by atoms with E-state index in [1.807, 2.05) is 12.1 Å². The van der Waals surface area contributed by atoms with E-state index < -0.39 is 41.0 Å². The van der Waals surface area contributed by atoms with Crippen molar-refractivity contribution in [3.05, 3.63) is 90.5 Å². The Morgan fingerprint density at radius 3 is 1.89 bits per heavy atom. The quantitative estimate of drug-likeness (QED) is 0.470. The maximum Gasteiger partial charge on any atom is 0.235 e. The molecule has 3 aromatic carbocycles. The molecule has 0 heterocycles. The Bertz CT molecular complexity index is 1190. The number of carbonyl (C=O) groups is 3. The van der Waals surface area contributed by atoms with Crippen molar-refractivity contribution in [1.29, 1.82) is 0 Å². The SMILES string of the molecule is COc1ccc([C@@H]2[C@H](C(=O)Nc3ccccc3)C(=O)C[C@@](C)(O)[C@@H]2C(=O)Nc2ccccc2)cc1. The van der Waals surface area contributed by atoms with Crippen LogP contribution in [0.2, 0.25) is 0 Å². The van der Waals surface area contributed by atoms with Crippen LogP contribution >= 0.6 is 0 Å². The Morgan fingerprint density at radius 2 is 1.37 bits per heavy atom. The monoisotopic (exact) mass is 472 g/mol. The Kier molecular flexibility index (Phi) is 6.98. The van der Waals surface area contributed by atoms with Gasteiger partial charge in [-0.3, -0.25) is 14.4 Å². The van der Waals surface area contributed by atoms with Gasteiger partial charge in [0, 0.05) is 23.7 Å². The summed E-state index contributed by atoms with van der Waals surface area (Å²) in [5, 5.41) is 17.0. The summed E-state index contributed by atoms with van der Waals surface area (Å²) < 4.78 is 5.25. The standard InChI is InChI=1S/C28H28N2O5/c1-28(34)17-22(31)24(26(32)29-19-9-5-3-6-10-19)23(18-13-15-21(35-2)16-14-18)25(28)27(33)30-20-11-7-4-8-12-20/h3-16,23-25,34H,17H2,1-2H3,(H,29,32)(H,30,33)/t23-,24-,25+,28-/m1/s1. The van der Waals surface area contributed by atoms with Gasteiger partial charge in [0.05, 0.1) is 18.6 Å². The fourth-order valence-electron chi connectivity index (χ4n) is 4.80. The van der Waals surface area contributed by atoms with Crippen molar-refractivity contribution in [1.82, 2.24) is 0 Å². The number of benzene rings is 3. The molecule has 180 valence electrons. The Balaban J connectivity index is 1.76. The molecule has 7 nitrogen and oxygen atoms in total. The molecular weight excluding hydrogens is 444 g/mol. The minimum Gasteiger partial charge on any atom is -0.497 e. The molecule has 1 aliphatic rings. The average molecular weight is 473 g/mol. The maximum atomic E-state index is 13.6. The predicted octanol–water partition coefficient (Wildman–Crippen LogP) is 4.01. The van der Waals surface area contributed by atoms with Crippen LogP contribution in [0.25, 0.3) is 0 Å². The summed E-state index contributed by atoms with van der Waals surface area (Å²) in [7, 11) is 1.54. The van der Waals surface area contributed by atoms with Crippen molar-refractivity contribution in [3.8, 4) is 5.75 Å². The van der Waals surface area contributed by atoms with E-state index in [4.69, 9.17) is 4.74 Å². The Labute approximate surface area is 204 Å². The zero-order chi connectivity index (χ0) is 25.0. The molecule has 0 unspecified atom stereocenters. The van der Waals surface area contributed by atoms with E-state index in [1.165, 1.54) is 14.0 Å². The van der Waals surface area contributed by atoms with Gasteiger partial charge < -0.3 is 20.5 Å². The van der Waals surface area contributed by atoms with Gasteiger partial charge in [-0.15, -0.1) is 0 Å². The molecule has 1 fully saturated rings. The van der Waals surface area contributed by atoms with E-state index >= 15 is 0 Å². The van der Waals surface area contributed by atoms with Crippen LogP contribution in [0.15, 0.2) is 84.9 Å². The van der Waals surface area contributed by atoms with Crippen LogP contribution in [0.4, 0.5) is 11.4 Å². The molecule has 4 atom stereocenters. The minimum atomic E-state index is -1.66. The fraction of sp³-hybridized carbons (Fsp3) is 0.250. The Morgan fingerprint density at radius 1 is 0.857 bits per heavy atom. The first-order valence-electron chi connectivity index (χ1n) is 11.4. The Hall–Kier alpha value is -3.97. The lowest BCUT2D eigenvalue weighted by Gasteiger charge is -2.44. The summed E-state index contributed by atoms with van der Waals surface area (Å²) in [4.78, 5) is 40.3. The minimum absolute atomic E-state index is 0.320. The van der Waals surface area contributed by atoms with Crippen LogP contribution < -0.4 is 15.4 Å². The lowest BCUT2D eigenvalue weighted by atomic mass is 9.61. The van der Waals surface area contributed by atoms with Crippen LogP contribution in [0.5, 0.6) is 5.75 Å². The van der Waals surface area contributed by atoms with Gasteiger partial charge in [0.2, 0.25) is 11.8 Å². The number of carbonyl (C=O) groups excluding carboxylic acids is 3. The molecule has 0 saturated heterocycles. The summed E-state index contributed by atoms with van der Waals surface area (Å²) in [6.07, 6.45) is -0.320. The van der Waals surface area contributed by atoms with Crippen LogP contribution in [0.3, 0.4) is 0 Å². The zero-order valence-corrected chi connectivity index (χ0v) is 19.6. The molecule has 0 bridgehead atoms. The lowest BCUT2D eigenvalue weighted by molar-refractivity contribution is -0.150. The number of Topliss-reactive ketones (excluding diaryl/α,β-unsaturated/α-hetero) is 1. The van der Waals surface area contributed by atoms with Crippen molar-refractivity contribution >= 4 is 29.0 Å². The van der Waals surface area contributed by atoms with Crippen molar-refractivity contribution < 1.29 is 24.2 Å². The number of aliphatic hydroxyl groups is 1. The number of nitrogens with one attached hydrogen (secondary N) is 2. The first-order chi connectivity index (χ1) is 16.8. The van der Waals surface area contributed by atoms with E-state index in [1.54, 1.807) is 72.8 Å². The third-order valence-electron chi connectivity index (χ3n) is 6.42. The number of methoxy groups -OCH3 is 1. The molecule has 3 aromatic rings. The molecule has 1 saturated carbocycles. The van der Waals surface area contributed by atoms with E-state index in [0.717, 1.165) is 0 Å². The highest BCUT2D eigenvalue weighted by atomic mass is 16.5. The topological polar surface area (TPSA) is 105 Å². The molecule has 4 rings (SSSR count). The number of rotatable bonds is 6. The van der Waals surface area contributed by atoms with Gasteiger partial charge in [-0.1, -0.05) is 48.5 Å². The number of ether oxygens (including phenoxy) is 1. The second kappa shape index (κ2) is 10.1. The number of amides is 2. The molecule has 0 radical (unpaired) electrons. The molecule has 3 N–H and O–H groups in total. The fourth-order valence-corrected chi connectivity index (χ4v) is 4.80. The normalized spacial score (nSPS) is 23.9. The first kappa shape index (κ1) is 24.2. The number of hydrogen-bond acceptors (Lipinski definition) is 5. The van der Waals surface area contributed by atoms with E-state index in [9.17, 15) is 19.5 Å². The smallest absolute Gasteiger partial charge is 0.235 e. The molecular formula is C28H28N2O5. The van der Waals surface area contributed by atoms with Crippen molar-refractivity contribution in [3.63, 3.8) is 0 Å². The largest absolute Gasteiger partial charge is 0.497 e. The van der Waals surface area contributed by atoms with Gasteiger partial charge in [-0.05, 0) is 48.9 Å². The summed E-state index contributed by atoms with van der Waals surface area (Å²) in [5.41, 5.74) is 0.0234. The summed E-state index contributed by atoms with van der Waals surface area (Å²) in [5.74, 6) is -3.95. The molecule has 7 heteroatoms. The highest BCUT2D eigenvalue weighted by molar-refractivity contribution is 6.10. The van der Waals surface area contributed by atoms with Gasteiger partial charge >= 0.3 is 0 Å². The predicted molar refractivity (Wildman–Crippen MR) is 133 cm³/mol. The van der Waals surface area contributed by atoms with E-state index in [-0.39, 0.29) is 6.42 Å². The van der Waals surface area contributed by atoms with Crippen molar-refractivity contribution in [2.75, 3.05) is 17.7 Å². The molecule has 0 spiro atoms. The van der Waals surface area contributed by atoms with Gasteiger partial charge in [0.25, 0.3) is 0 Å². The third kappa shape index (κ3) is 5.25. The van der Waals surface area contributed by atoms with Crippen molar-refractivity contribution in [2.45, 2.75) is 24.9 Å². The molecule has 0 aromatic heterocycles. The van der Waals surface area contributed by atoms with Crippen LogP contribution in [-0.4, -0.2) is 35.4 Å². The van der Waals surface area contributed by atoms with Crippen LogP contribution in [-0.2, 0) is 14.4 Å². The molecule has 35 heavy (non-hydrogen) atoms. The summed E-state index contributed by atoms with van der Waals surface area (Å²) >= 11 is 0.